The summed E-state index contributed by atoms with van der Waals surface area (Å²) >= 11 is 0. The fourth-order valence-electron chi connectivity index (χ4n) is 2.44. The second-order valence-electron chi connectivity index (χ2n) is 5.61. The second kappa shape index (κ2) is 7.92. The van der Waals surface area contributed by atoms with Gasteiger partial charge < -0.3 is 10.4 Å². The van der Waals surface area contributed by atoms with Crippen molar-refractivity contribution >= 4 is 40.5 Å². The van der Waals surface area contributed by atoms with Gasteiger partial charge in [0.05, 0.1) is 11.8 Å². The van der Waals surface area contributed by atoms with Crippen molar-refractivity contribution in [1.82, 2.24) is 5.43 Å². The van der Waals surface area contributed by atoms with E-state index in [-0.39, 0.29) is 5.56 Å². The first-order chi connectivity index (χ1) is 13.0. The Morgan fingerprint density at radius 3 is 2.30 bits per heavy atom. The van der Waals surface area contributed by atoms with Gasteiger partial charge in [-0.1, -0.05) is 48.5 Å². The summed E-state index contributed by atoms with van der Waals surface area (Å²) in [6, 6.07) is 18.8. The van der Waals surface area contributed by atoms with Crippen LogP contribution in [0.3, 0.4) is 0 Å². The van der Waals surface area contributed by atoms with Crippen LogP contribution >= 0.6 is 0 Å². The summed E-state index contributed by atoms with van der Waals surface area (Å²) in [6.07, 6.45) is 1.31. The molecular weight excluding hydrogens is 346 g/mol. The first kappa shape index (κ1) is 17.8. The molecular formula is C20H15N3O4. The van der Waals surface area contributed by atoms with Crippen LogP contribution in [-0.4, -0.2) is 29.1 Å². The molecule has 0 fully saturated rings. The molecule has 3 aromatic rings. The van der Waals surface area contributed by atoms with Crippen LogP contribution in [0.15, 0.2) is 71.8 Å². The Balaban J connectivity index is 1.62. The highest BCUT2D eigenvalue weighted by Gasteiger charge is 2.14. The van der Waals surface area contributed by atoms with E-state index in [1.54, 1.807) is 12.1 Å². The van der Waals surface area contributed by atoms with Gasteiger partial charge in [-0.05, 0) is 29.1 Å². The fraction of sp³-hybridized carbons (Fsp3) is 0. The Labute approximate surface area is 154 Å². The molecule has 7 heteroatoms. The van der Waals surface area contributed by atoms with Gasteiger partial charge >= 0.3 is 17.8 Å². The van der Waals surface area contributed by atoms with E-state index in [9.17, 15) is 14.4 Å². The van der Waals surface area contributed by atoms with Crippen molar-refractivity contribution < 1.29 is 19.5 Å². The number of carbonyl (C=O) groups is 3. The van der Waals surface area contributed by atoms with Crippen molar-refractivity contribution in [2.24, 2.45) is 5.10 Å². The van der Waals surface area contributed by atoms with Crippen LogP contribution in [0.5, 0.6) is 0 Å². The molecule has 0 saturated carbocycles. The van der Waals surface area contributed by atoms with Gasteiger partial charge in [-0.3, -0.25) is 9.59 Å². The third-order valence-electron chi connectivity index (χ3n) is 3.78. The number of nitrogens with one attached hydrogen (secondary N) is 2. The van der Waals surface area contributed by atoms with Crippen molar-refractivity contribution in [2.75, 3.05) is 5.32 Å². The summed E-state index contributed by atoms with van der Waals surface area (Å²) in [4.78, 5) is 34.7. The summed E-state index contributed by atoms with van der Waals surface area (Å²) in [5.74, 6) is -2.79. The number of hydrogen-bond acceptors (Lipinski definition) is 4. The maximum Gasteiger partial charge on any atom is 0.335 e. The molecule has 3 rings (SSSR count). The molecule has 0 radical (unpaired) electrons. The topological polar surface area (TPSA) is 108 Å². The quantitative estimate of drug-likeness (QED) is 0.377. The van der Waals surface area contributed by atoms with Crippen LogP contribution in [0.4, 0.5) is 5.69 Å². The Hall–Kier alpha value is -4.00. The van der Waals surface area contributed by atoms with Crippen molar-refractivity contribution in [3.05, 3.63) is 77.9 Å². The molecule has 0 aromatic heterocycles. The van der Waals surface area contributed by atoms with Crippen LogP contribution in [0.25, 0.3) is 10.8 Å². The number of aromatic carboxylic acids is 1. The maximum absolute atomic E-state index is 12.1. The zero-order valence-electron chi connectivity index (χ0n) is 14.0. The predicted octanol–water partition coefficient (Wildman–Crippen LogP) is 2.63. The van der Waals surface area contributed by atoms with E-state index < -0.39 is 17.8 Å². The average molecular weight is 361 g/mol. The molecule has 0 saturated heterocycles. The molecule has 0 unspecified atom stereocenters. The number of benzene rings is 3. The molecule has 0 spiro atoms. The molecule has 0 heterocycles. The molecule has 7 nitrogen and oxygen atoms in total. The fourth-order valence-corrected chi connectivity index (χ4v) is 2.44. The molecule has 3 aromatic carbocycles. The molecule has 0 atom stereocenters. The zero-order chi connectivity index (χ0) is 19.2. The minimum atomic E-state index is -1.03. The monoisotopic (exact) mass is 361 g/mol. The summed E-state index contributed by atoms with van der Waals surface area (Å²) in [5.41, 5.74) is 3.39. The van der Waals surface area contributed by atoms with Gasteiger partial charge in [0, 0.05) is 11.1 Å². The molecule has 27 heavy (non-hydrogen) atoms. The number of anilines is 1. The highest BCUT2D eigenvalue weighted by atomic mass is 16.4. The number of fused-ring (bicyclic) bond motifs is 1. The number of rotatable bonds is 4. The summed E-state index contributed by atoms with van der Waals surface area (Å²) in [7, 11) is 0. The lowest BCUT2D eigenvalue weighted by molar-refractivity contribution is -0.136. The largest absolute Gasteiger partial charge is 0.478 e. The van der Waals surface area contributed by atoms with Gasteiger partial charge in [-0.2, -0.15) is 5.10 Å². The van der Waals surface area contributed by atoms with Crippen LogP contribution in [0, 0.1) is 0 Å². The molecule has 0 aliphatic rings. The lowest BCUT2D eigenvalue weighted by Crippen LogP contribution is -2.32. The number of nitrogens with zero attached hydrogens (tertiary/aromatic N) is 1. The first-order valence-corrected chi connectivity index (χ1v) is 8.00. The van der Waals surface area contributed by atoms with Crippen molar-refractivity contribution in [1.29, 1.82) is 0 Å². The van der Waals surface area contributed by atoms with Gasteiger partial charge in [0.25, 0.3) is 0 Å². The predicted molar refractivity (Wildman–Crippen MR) is 102 cm³/mol. The zero-order valence-corrected chi connectivity index (χ0v) is 14.0. The third-order valence-corrected chi connectivity index (χ3v) is 3.78. The lowest BCUT2D eigenvalue weighted by atomic mass is 10.1. The van der Waals surface area contributed by atoms with Gasteiger partial charge in [-0.25, -0.2) is 10.2 Å². The number of hydrazone groups is 1. The summed E-state index contributed by atoms with van der Waals surface area (Å²) in [5, 5.41) is 16.9. The Morgan fingerprint density at radius 2 is 1.56 bits per heavy atom. The number of hydrogen-bond donors (Lipinski definition) is 3. The molecule has 134 valence electrons. The molecule has 2 amide bonds. The summed E-state index contributed by atoms with van der Waals surface area (Å²) < 4.78 is 0. The molecule has 0 bridgehead atoms. The Bertz CT molecular complexity index is 1040. The highest BCUT2D eigenvalue weighted by Crippen LogP contribution is 2.22. The standard InChI is InChI=1S/C20H15N3O4/c24-18(22-17-7-3-5-14-4-1-2-6-16(14)17)19(25)23-21-12-13-8-10-15(11-9-13)20(26)27/h1-12H,(H,22,24)(H,23,25)(H,26,27)/b21-12-. The number of carboxylic acid groups (broad SMARTS) is 1. The maximum atomic E-state index is 12.1. The van der Waals surface area contributed by atoms with Gasteiger partial charge in [0.15, 0.2) is 0 Å². The van der Waals surface area contributed by atoms with Gasteiger partial charge in [0.1, 0.15) is 0 Å². The minimum Gasteiger partial charge on any atom is -0.478 e. The minimum absolute atomic E-state index is 0.144. The van der Waals surface area contributed by atoms with E-state index in [1.807, 2.05) is 30.3 Å². The van der Waals surface area contributed by atoms with E-state index >= 15 is 0 Å². The third kappa shape index (κ3) is 4.35. The molecule has 0 aliphatic carbocycles. The average Bonchev–Trinajstić information content (AvgIpc) is 2.68. The molecule has 0 aliphatic heterocycles. The van der Waals surface area contributed by atoms with Gasteiger partial charge in [0.2, 0.25) is 0 Å². The van der Waals surface area contributed by atoms with Crippen LogP contribution in [-0.2, 0) is 9.59 Å². The highest BCUT2D eigenvalue weighted by molar-refractivity contribution is 6.40. The van der Waals surface area contributed by atoms with Crippen LogP contribution in [0.1, 0.15) is 15.9 Å². The molecule has 3 N–H and O–H groups in total. The van der Waals surface area contributed by atoms with Crippen molar-refractivity contribution in [3.8, 4) is 0 Å². The number of carbonyl (C=O) groups excluding carboxylic acids is 2. The summed E-state index contributed by atoms with van der Waals surface area (Å²) in [6.45, 7) is 0. The van der Waals surface area contributed by atoms with Gasteiger partial charge in [-0.15, -0.1) is 0 Å². The van der Waals surface area contributed by atoms with E-state index in [0.717, 1.165) is 10.8 Å². The van der Waals surface area contributed by atoms with E-state index in [1.165, 1.54) is 30.5 Å². The van der Waals surface area contributed by atoms with Crippen LogP contribution in [0.2, 0.25) is 0 Å². The SMILES string of the molecule is O=C(N/N=C\c1ccc(C(=O)O)cc1)C(=O)Nc1cccc2ccccc12. The Kier molecular flexibility index (Phi) is 5.22. The first-order valence-electron chi connectivity index (χ1n) is 8.00. The van der Waals surface area contributed by atoms with E-state index in [0.29, 0.717) is 11.3 Å². The van der Waals surface area contributed by atoms with E-state index in [2.05, 4.69) is 15.8 Å². The van der Waals surface area contributed by atoms with Crippen molar-refractivity contribution in [3.63, 3.8) is 0 Å². The normalized spacial score (nSPS) is 10.7. The lowest BCUT2D eigenvalue weighted by Gasteiger charge is -2.07. The van der Waals surface area contributed by atoms with E-state index in [4.69, 9.17) is 5.11 Å². The number of carboxylic acids is 1. The second-order valence-corrected chi connectivity index (χ2v) is 5.61. The van der Waals surface area contributed by atoms with Crippen LogP contribution < -0.4 is 10.7 Å². The Morgan fingerprint density at radius 1 is 0.852 bits per heavy atom. The smallest absolute Gasteiger partial charge is 0.335 e. The number of amides is 2. The van der Waals surface area contributed by atoms with Crippen molar-refractivity contribution in [2.45, 2.75) is 0 Å².